The van der Waals surface area contributed by atoms with E-state index in [2.05, 4.69) is 16.8 Å². The average molecular weight is 329 g/mol. The molecule has 1 fully saturated rings. The molecule has 120 valence electrons. The van der Waals surface area contributed by atoms with Crippen molar-refractivity contribution >= 4 is 21.6 Å². The number of nitrogens with one attached hydrogen (secondary N) is 1. The highest BCUT2D eigenvalue weighted by atomic mass is 32.1. The summed E-state index contributed by atoms with van der Waals surface area (Å²) in [6.45, 7) is 4.27. The summed E-state index contributed by atoms with van der Waals surface area (Å²) in [7, 11) is 0. The molecule has 0 aliphatic carbocycles. The number of furan rings is 1. The van der Waals surface area contributed by atoms with Crippen LogP contribution in [0.4, 0.5) is 0 Å². The van der Waals surface area contributed by atoms with E-state index in [4.69, 9.17) is 9.40 Å². The van der Waals surface area contributed by atoms with E-state index in [1.165, 1.54) is 30.6 Å². The molecule has 1 atom stereocenters. The van der Waals surface area contributed by atoms with Crippen molar-refractivity contribution in [2.75, 3.05) is 13.1 Å². The number of likely N-dealkylation sites (tertiary alicyclic amines) is 1. The Balaban J connectivity index is 1.75. The van der Waals surface area contributed by atoms with Crippen LogP contribution in [-0.4, -0.2) is 28.0 Å². The molecule has 1 saturated heterocycles. The number of aromatic amines is 1. The quantitative estimate of drug-likeness (QED) is 0.794. The fourth-order valence-corrected chi connectivity index (χ4v) is 4.19. The minimum Gasteiger partial charge on any atom is -0.464 e. The van der Waals surface area contributed by atoms with Gasteiger partial charge in [-0.25, -0.2) is 4.98 Å². The maximum Gasteiger partial charge on any atom is 0.260 e. The Morgan fingerprint density at radius 2 is 2.17 bits per heavy atom. The number of hydrogen-bond donors (Lipinski definition) is 1. The highest BCUT2D eigenvalue weighted by molar-refractivity contribution is 7.17. The molecule has 1 aliphatic heterocycles. The van der Waals surface area contributed by atoms with Crippen LogP contribution in [0.1, 0.15) is 38.1 Å². The molecule has 4 heterocycles. The van der Waals surface area contributed by atoms with Gasteiger partial charge in [0.25, 0.3) is 5.56 Å². The monoisotopic (exact) mass is 329 g/mol. The van der Waals surface area contributed by atoms with Crippen molar-refractivity contribution in [2.45, 2.75) is 32.2 Å². The van der Waals surface area contributed by atoms with Gasteiger partial charge in [0, 0.05) is 10.9 Å². The van der Waals surface area contributed by atoms with Crippen LogP contribution in [0.2, 0.25) is 0 Å². The Morgan fingerprint density at radius 3 is 2.91 bits per heavy atom. The Labute approximate surface area is 138 Å². The first-order chi connectivity index (χ1) is 11.2. The normalized spacial score (nSPS) is 17.6. The molecular formula is C17H19N3O2S. The van der Waals surface area contributed by atoms with Gasteiger partial charge in [0.05, 0.1) is 17.7 Å². The summed E-state index contributed by atoms with van der Waals surface area (Å²) in [5.41, 5.74) is 0.738. The number of piperidine rings is 1. The molecule has 4 rings (SSSR count). The van der Waals surface area contributed by atoms with Gasteiger partial charge in [0.1, 0.15) is 16.4 Å². The Morgan fingerprint density at radius 1 is 1.35 bits per heavy atom. The number of hydrogen-bond acceptors (Lipinski definition) is 5. The Bertz CT molecular complexity index is 860. The van der Waals surface area contributed by atoms with E-state index < -0.39 is 0 Å². The molecule has 3 aromatic heterocycles. The number of H-pyrrole nitrogens is 1. The highest BCUT2D eigenvalue weighted by Gasteiger charge is 2.22. The fraction of sp³-hybridized carbons (Fsp3) is 0.412. The lowest BCUT2D eigenvalue weighted by molar-refractivity contribution is 0.169. The van der Waals surface area contributed by atoms with Crippen molar-refractivity contribution in [3.05, 3.63) is 40.0 Å². The van der Waals surface area contributed by atoms with Gasteiger partial charge in [-0.1, -0.05) is 6.42 Å². The molecule has 0 aromatic carbocycles. The Hall–Kier alpha value is -1.92. The third-order valence-corrected chi connectivity index (χ3v) is 5.46. The maximum atomic E-state index is 12.6. The largest absolute Gasteiger partial charge is 0.464 e. The predicted molar refractivity (Wildman–Crippen MR) is 91.8 cm³/mol. The van der Waals surface area contributed by atoms with Crippen molar-refractivity contribution in [2.24, 2.45) is 0 Å². The molecule has 0 saturated carbocycles. The lowest BCUT2D eigenvalue weighted by atomic mass is 10.1. The second-order valence-corrected chi connectivity index (χ2v) is 6.89. The summed E-state index contributed by atoms with van der Waals surface area (Å²) in [5.74, 6) is 1.47. The minimum absolute atomic E-state index is 0.0819. The van der Waals surface area contributed by atoms with E-state index in [1.54, 1.807) is 6.26 Å². The maximum absolute atomic E-state index is 12.6. The van der Waals surface area contributed by atoms with E-state index in [0.717, 1.165) is 29.3 Å². The van der Waals surface area contributed by atoms with Crippen molar-refractivity contribution < 1.29 is 4.42 Å². The van der Waals surface area contributed by atoms with E-state index >= 15 is 0 Å². The van der Waals surface area contributed by atoms with Crippen LogP contribution < -0.4 is 5.56 Å². The van der Waals surface area contributed by atoms with E-state index in [0.29, 0.717) is 11.1 Å². The van der Waals surface area contributed by atoms with Crippen molar-refractivity contribution in [3.63, 3.8) is 0 Å². The van der Waals surface area contributed by atoms with Crippen LogP contribution in [0.5, 0.6) is 0 Å². The second kappa shape index (κ2) is 5.94. The zero-order valence-corrected chi connectivity index (χ0v) is 13.9. The molecule has 0 bridgehead atoms. The summed E-state index contributed by atoms with van der Waals surface area (Å²) >= 11 is 1.49. The highest BCUT2D eigenvalue weighted by Crippen LogP contribution is 2.32. The summed E-state index contributed by atoms with van der Waals surface area (Å²) in [4.78, 5) is 23.5. The van der Waals surface area contributed by atoms with Crippen LogP contribution in [0.3, 0.4) is 0 Å². The van der Waals surface area contributed by atoms with Gasteiger partial charge in [-0.2, -0.15) is 0 Å². The smallest absolute Gasteiger partial charge is 0.260 e. The molecule has 1 N–H and O–H groups in total. The van der Waals surface area contributed by atoms with Gasteiger partial charge in [-0.15, -0.1) is 11.3 Å². The van der Waals surface area contributed by atoms with Gasteiger partial charge < -0.3 is 9.40 Å². The van der Waals surface area contributed by atoms with E-state index in [1.807, 2.05) is 17.5 Å². The van der Waals surface area contributed by atoms with Crippen LogP contribution in [0.15, 0.2) is 33.0 Å². The van der Waals surface area contributed by atoms with Gasteiger partial charge in [-0.3, -0.25) is 9.69 Å². The molecule has 3 aromatic rings. The standard InChI is InChI=1S/C17H19N3O2S/c1-11(20-7-3-2-4-8-20)15-18-16(21)14-12(10-23-17(14)19-15)13-6-5-9-22-13/h5-6,9-11H,2-4,7-8H2,1H3,(H,18,19,21)/t11-/m1/s1. The van der Waals surface area contributed by atoms with Gasteiger partial charge in [0.15, 0.2) is 0 Å². The first kappa shape index (κ1) is 14.7. The molecule has 0 radical (unpaired) electrons. The third-order valence-electron chi connectivity index (χ3n) is 4.58. The first-order valence-corrected chi connectivity index (χ1v) is 8.91. The number of rotatable bonds is 3. The summed E-state index contributed by atoms with van der Waals surface area (Å²) < 4.78 is 5.43. The van der Waals surface area contributed by atoms with Gasteiger partial charge >= 0.3 is 0 Å². The molecule has 0 unspecified atom stereocenters. The molecule has 23 heavy (non-hydrogen) atoms. The number of nitrogens with zero attached hydrogens (tertiary/aromatic N) is 2. The molecule has 6 heteroatoms. The van der Waals surface area contributed by atoms with Crippen LogP contribution in [0, 0.1) is 0 Å². The number of thiophene rings is 1. The zero-order chi connectivity index (χ0) is 15.8. The van der Waals surface area contributed by atoms with Crippen LogP contribution in [0.25, 0.3) is 21.5 Å². The molecule has 5 nitrogen and oxygen atoms in total. The SMILES string of the molecule is C[C@H](c1nc2scc(-c3ccco3)c2c(=O)[nH]1)N1CCCCC1. The van der Waals surface area contributed by atoms with Gasteiger partial charge in [0.2, 0.25) is 0 Å². The summed E-state index contributed by atoms with van der Waals surface area (Å²) in [6.07, 6.45) is 5.35. The van der Waals surface area contributed by atoms with Crippen molar-refractivity contribution in [3.8, 4) is 11.3 Å². The lowest BCUT2D eigenvalue weighted by Gasteiger charge is -2.31. The summed E-state index contributed by atoms with van der Waals surface area (Å²) in [6, 6.07) is 3.83. The first-order valence-electron chi connectivity index (χ1n) is 8.03. The zero-order valence-electron chi connectivity index (χ0n) is 13.0. The van der Waals surface area contributed by atoms with Crippen molar-refractivity contribution in [1.82, 2.24) is 14.9 Å². The van der Waals surface area contributed by atoms with Gasteiger partial charge in [-0.05, 0) is 45.0 Å². The molecule has 0 spiro atoms. The lowest BCUT2D eigenvalue weighted by Crippen LogP contribution is -2.34. The second-order valence-electron chi connectivity index (χ2n) is 6.03. The van der Waals surface area contributed by atoms with Crippen LogP contribution in [-0.2, 0) is 0 Å². The third kappa shape index (κ3) is 2.62. The molecule has 1 aliphatic rings. The number of fused-ring (bicyclic) bond motifs is 1. The molecular weight excluding hydrogens is 310 g/mol. The number of aromatic nitrogens is 2. The predicted octanol–water partition coefficient (Wildman–Crippen LogP) is 3.79. The minimum atomic E-state index is -0.0819. The van der Waals surface area contributed by atoms with Crippen LogP contribution >= 0.6 is 11.3 Å². The molecule has 0 amide bonds. The fourth-order valence-electron chi connectivity index (χ4n) is 3.26. The van der Waals surface area contributed by atoms with Crippen molar-refractivity contribution in [1.29, 1.82) is 0 Å². The topological polar surface area (TPSA) is 62.1 Å². The average Bonchev–Trinajstić information content (AvgIpc) is 3.24. The summed E-state index contributed by atoms with van der Waals surface area (Å²) in [5, 5.41) is 2.57. The van der Waals surface area contributed by atoms with E-state index in [9.17, 15) is 4.79 Å². The Kier molecular flexibility index (Phi) is 3.79. The van der Waals surface area contributed by atoms with E-state index in [-0.39, 0.29) is 11.6 Å².